The van der Waals surface area contributed by atoms with Crippen molar-refractivity contribution >= 4 is 11.9 Å². The minimum Gasteiger partial charge on any atom is -0.289 e. The molecular weight excluding hydrogens is 128 g/mol. The van der Waals surface area contributed by atoms with Gasteiger partial charge in [0, 0.05) is 6.20 Å². The monoisotopic (exact) mass is 132 g/mol. The summed E-state index contributed by atoms with van der Waals surface area (Å²) in [5.74, 6) is -0.00407. The number of rotatable bonds is 0. The molecule has 0 amide bonds. The first-order valence-electron chi connectivity index (χ1n) is 2.90. The van der Waals surface area contributed by atoms with E-state index in [-0.39, 0.29) is 5.78 Å². The molecule has 0 aliphatic heterocycles. The number of ketones is 1. The molecule has 0 saturated carbocycles. The molecular formula is C7H4N2O. The highest BCUT2D eigenvalue weighted by Crippen LogP contribution is 2.13. The van der Waals surface area contributed by atoms with E-state index < -0.39 is 0 Å². The van der Waals surface area contributed by atoms with Crippen LogP contribution < -0.4 is 0 Å². The summed E-state index contributed by atoms with van der Waals surface area (Å²) in [5, 5.41) is 0. The molecule has 0 bridgehead atoms. The molecule has 0 radical (unpaired) electrons. The molecule has 0 aromatic carbocycles. The van der Waals surface area contributed by atoms with Gasteiger partial charge in [0.15, 0.2) is 5.78 Å². The Morgan fingerprint density at radius 1 is 1.30 bits per heavy atom. The van der Waals surface area contributed by atoms with Crippen molar-refractivity contribution in [2.24, 2.45) is 0 Å². The smallest absolute Gasteiger partial charge is 0.189 e. The lowest BCUT2D eigenvalue weighted by Gasteiger charge is -1.90. The zero-order chi connectivity index (χ0) is 6.97. The van der Waals surface area contributed by atoms with E-state index in [9.17, 15) is 4.79 Å². The first kappa shape index (κ1) is 5.29. The van der Waals surface area contributed by atoms with Gasteiger partial charge in [-0.1, -0.05) is 0 Å². The van der Waals surface area contributed by atoms with Gasteiger partial charge < -0.3 is 0 Å². The van der Waals surface area contributed by atoms with Gasteiger partial charge in [-0.2, -0.15) is 0 Å². The Morgan fingerprint density at radius 2 is 2.20 bits per heavy atom. The Bertz CT molecular complexity index is 317. The molecule has 0 saturated heterocycles. The average Bonchev–Trinajstić information content (AvgIpc) is 2.34. The summed E-state index contributed by atoms with van der Waals surface area (Å²) in [7, 11) is 0. The Morgan fingerprint density at radius 3 is 3.00 bits per heavy atom. The molecule has 0 fully saturated rings. The summed E-state index contributed by atoms with van der Waals surface area (Å²) in [6.07, 6.45) is 6.16. The molecule has 3 nitrogen and oxygen atoms in total. The van der Waals surface area contributed by atoms with Gasteiger partial charge in [0.05, 0.1) is 11.3 Å². The molecule has 1 aliphatic rings. The van der Waals surface area contributed by atoms with Crippen LogP contribution in [0.2, 0.25) is 0 Å². The number of carbonyl (C=O) groups excluding carboxylic acids is 1. The van der Waals surface area contributed by atoms with Crippen LogP contribution in [0.5, 0.6) is 0 Å². The minimum atomic E-state index is -0.00407. The van der Waals surface area contributed by atoms with Crippen molar-refractivity contribution in [3.05, 3.63) is 29.9 Å². The molecule has 0 unspecified atom stereocenters. The SMILES string of the molecule is O=C1C=Cc2ncncc21. The Kier molecular flexibility index (Phi) is 0.917. The molecule has 0 atom stereocenters. The highest BCUT2D eigenvalue weighted by atomic mass is 16.1. The highest BCUT2D eigenvalue weighted by Gasteiger charge is 2.13. The van der Waals surface area contributed by atoms with Gasteiger partial charge in [-0.25, -0.2) is 9.97 Å². The van der Waals surface area contributed by atoms with Gasteiger partial charge >= 0.3 is 0 Å². The maximum absolute atomic E-state index is 10.9. The average molecular weight is 132 g/mol. The van der Waals surface area contributed by atoms with Crippen LogP contribution in [0.25, 0.3) is 6.08 Å². The van der Waals surface area contributed by atoms with Crippen LogP contribution in [0.3, 0.4) is 0 Å². The van der Waals surface area contributed by atoms with Crippen molar-refractivity contribution in [3.8, 4) is 0 Å². The molecule has 1 heterocycles. The molecule has 0 spiro atoms. The van der Waals surface area contributed by atoms with E-state index in [1.165, 1.54) is 18.6 Å². The van der Waals surface area contributed by atoms with E-state index in [0.29, 0.717) is 5.56 Å². The quantitative estimate of drug-likeness (QED) is 0.521. The lowest BCUT2D eigenvalue weighted by molar-refractivity contribution is 0.104. The summed E-state index contributed by atoms with van der Waals surface area (Å²) in [6.45, 7) is 0. The Balaban J connectivity index is 2.70. The van der Waals surface area contributed by atoms with Crippen LogP contribution in [0, 0.1) is 0 Å². The molecule has 48 valence electrons. The van der Waals surface area contributed by atoms with Crippen molar-refractivity contribution in [3.63, 3.8) is 0 Å². The minimum absolute atomic E-state index is 0.00407. The van der Waals surface area contributed by atoms with Crippen molar-refractivity contribution in [2.45, 2.75) is 0 Å². The molecule has 1 aliphatic carbocycles. The third kappa shape index (κ3) is 0.572. The van der Waals surface area contributed by atoms with E-state index in [1.54, 1.807) is 6.08 Å². The third-order valence-electron chi connectivity index (χ3n) is 1.40. The van der Waals surface area contributed by atoms with Crippen LogP contribution in [0.15, 0.2) is 18.6 Å². The van der Waals surface area contributed by atoms with E-state index in [2.05, 4.69) is 9.97 Å². The molecule has 3 heteroatoms. The maximum atomic E-state index is 10.9. The van der Waals surface area contributed by atoms with Gasteiger partial charge in [-0.05, 0) is 12.2 Å². The van der Waals surface area contributed by atoms with E-state index in [4.69, 9.17) is 0 Å². The lowest BCUT2D eigenvalue weighted by Crippen LogP contribution is -1.93. The Labute approximate surface area is 57.4 Å². The van der Waals surface area contributed by atoms with Crippen molar-refractivity contribution < 1.29 is 4.79 Å². The first-order chi connectivity index (χ1) is 4.88. The first-order valence-corrected chi connectivity index (χ1v) is 2.90. The summed E-state index contributed by atoms with van der Waals surface area (Å²) in [6, 6.07) is 0. The van der Waals surface area contributed by atoms with Crippen LogP contribution in [-0.4, -0.2) is 15.8 Å². The van der Waals surface area contributed by atoms with Crippen LogP contribution in [0.1, 0.15) is 16.1 Å². The zero-order valence-corrected chi connectivity index (χ0v) is 5.11. The predicted molar refractivity (Wildman–Crippen MR) is 35.4 cm³/mol. The van der Waals surface area contributed by atoms with Gasteiger partial charge in [-0.15, -0.1) is 0 Å². The number of hydrogen-bond acceptors (Lipinski definition) is 3. The molecule has 1 aromatic rings. The van der Waals surface area contributed by atoms with E-state index in [0.717, 1.165) is 5.69 Å². The van der Waals surface area contributed by atoms with Gasteiger partial charge in [-0.3, -0.25) is 4.79 Å². The largest absolute Gasteiger partial charge is 0.289 e. The zero-order valence-electron chi connectivity index (χ0n) is 5.11. The standard InChI is InChI=1S/C7H4N2O/c10-7-2-1-6-5(7)3-8-4-9-6/h1-4H. The fourth-order valence-electron chi connectivity index (χ4n) is 0.906. The number of aromatic nitrogens is 2. The summed E-state index contributed by atoms with van der Waals surface area (Å²) < 4.78 is 0. The molecule has 0 N–H and O–H groups in total. The van der Waals surface area contributed by atoms with Crippen molar-refractivity contribution in [1.29, 1.82) is 0 Å². The molecule has 2 rings (SSSR count). The number of allylic oxidation sites excluding steroid dienone is 1. The summed E-state index contributed by atoms with van der Waals surface area (Å²) in [4.78, 5) is 18.5. The number of hydrogen-bond donors (Lipinski definition) is 0. The maximum Gasteiger partial charge on any atom is 0.189 e. The second kappa shape index (κ2) is 1.73. The van der Waals surface area contributed by atoms with E-state index >= 15 is 0 Å². The normalized spacial score (nSPS) is 13.8. The van der Waals surface area contributed by atoms with Gasteiger partial charge in [0.25, 0.3) is 0 Å². The van der Waals surface area contributed by atoms with Crippen LogP contribution in [0.4, 0.5) is 0 Å². The fourth-order valence-corrected chi connectivity index (χ4v) is 0.906. The Hall–Kier alpha value is -1.51. The van der Waals surface area contributed by atoms with Crippen molar-refractivity contribution in [2.75, 3.05) is 0 Å². The van der Waals surface area contributed by atoms with Crippen LogP contribution >= 0.6 is 0 Å². The lowest BCUT2D eigenvalue weighted by atomic mass is 10.2. The highest BCUT2D eigenvalue weighted by molar-refractivity contribution is 6.12. The molecule has 10 heavy (non-hydrogen) atoms. The second-order valence-corrected chi connectivity index (χ2v) is 2.02. The summed E-state index contributed by atoms with van der Waals surface area (Å²) in [5.41, 5.74) is 1.32. The predicted octanol–water partition coefficient (Wildman–Crippen LogP) is 0.686. The fraction of sp³-hybridized carbons (Fsp3) is 0. The van der Waals surface area contributed by atoms with E-state index in [1.807, 2.05) is 0 Å². The summed E-state index contributed by atoms with van der Waals surface area (Å²) >= 11 is 0. The van der Waals surface area contributed by atoms with Crippen LogP contribution in [-0.2, 0) is 0 Å². The van der Waals surface area contributed by atoms with Gasteiger partial charge in [0.2, 0.25) is 0 Å². The van der Waals surface area contributed by atoms with Gasteiger partial charge in [0.1, 0.15) is 6.33 Å². The number of carbonyl (C=O) groups is 1. The number of fused-ring (bicyclic) bond motifs is 1. The third-order valence-corrected chi connectivity index (χ3v) is 1.40. The van der Waals surface area contributed by atoms with Crippen molar-refractivity contribution in [1.82, 2.24) is 9.97 Å². The molecule has 1 aromatic heterocycles. The topological polar surface area (TPSA) is 42.9 Å². The second-order valence-electron chi connectivity index (χ2n) is 2.02. The number of nitrogens with zero attached hydrogens (tertiary/aromatic N) is 2.